The third-order valence-corrected chi connectivity index (χ3v) is 4.44. The molecule has 0 aliphatic rings. The number of H-pyrrole nitrogens is 1. The number of aromatic nitrogens is 3. The highest BCUT2D eigenvalue weighted by atomic mass is 32.2. The molecule has 0 spiro atoms. The zero-order valence-corrected chi connectivity index (χ0v) is 11.6. The number of rotatable bonds is 3. The zero-order valence-electron chi connectivity index (χ0n) is 9.97. The number of nitrogens with one attached hydrogen (secondary N) is 2. The van der Waals surface area contributed by atoms with Crippen molar-refractivity contribution in [2.45, 2.75) is 11.1 Å². The fourth-order valence-electron chi connectivity index (χ4n) is 1.82. The predicted molar refractivity (Wildman–Crippen MR) is 77.1 cm³/mol. The van der Waals surface area contributed by atoms with Crippen LogP contribution in [0.3, 0.4) is 0 Å². The van der Waals surface area contributed by atoms with Crippen molar-refractivity contribution in [1.29, 1.82) is 5.26 Å². The van der Waals surface area contributed by atoms with Gasteiger partial charge in [0.15, 0.2) is 5.69 Å². The molecule has 0 amide bonds. The quantitative estimate of drug-likeness (QED) is 0.723. The maximum Gasteiger partial charge on any atom is 0.170 e. The summed E-state index contributed by atoms with van der Waals surface area (Å²) < 4.78 is 4.34. The minimum Gasteiger partial charge on any atom is -0.323 e. The number of fused-ring (bicyclic) bond motifs is 1. The molecule has 19 heavy (non-hydrogen) atoms. The average Bonchev–Trinajstić information content (AvgIpc) is 3.07. The van der Waals surface area contributed by atoms with Crippen molar-refractivity contribution >= 4 is 39.9 Å². The maximum atomic E-state index is 9.06. The van der Waals surface area contributed by atoms with E-state index in [0.717, 1.165) is 26.4 Å². The molecule has 7 heteroatoms. The molecule has 0 atom stereocenters. The largest absolute Gasteiger partial charge is 0.323 e. The summed E-state index contributed by atoms with van der Waals surface area (Å²) in [7, 11) is 0. The van der Waals surface area contributed by atoms with Gasteiger partial charge in [-0.3, -0.25) is 10.1 Å². The number of aryl methyl sites for hydroxylation is 1. The summed E-state index contributed by atoms with van der Waals surface area (Å²) >= 11 is 3.06. The molecule has 0 saturated heterocycles. The fraction of sp³-hybridized carbons (Fsp3) is 0.0833. The van der Waals surface area contributed by atoms with E-state index in [9.17, 15) is 0 Å². The first kappa shape index (κ1) is 12.0. The molecule has 2 heterocycles. The summed E-state index contributed by atoms with van der Waals surface area (Å²) in [6.07, 6.45) is 1.81. The summed E-state index contributed by atoms with van der Waals surface area (Å²) in [6.45, 7) is 1.97. The molecule has 94 valence electrons. The normalized spacial score (nSPS) is 10.5. The Balaban J connectivity index is 1.98. The lowest BCUT2D eigenvalue weighted by Crippen LogP contribution is -1.88. The van der Waals surface area contributed by atoms with Crippen molar-refractivity contribution < 1.29 is 0 Å². The second-order valence-electron chi connectivity index (χ2n) is 3.89. The molecule has 0 bridgehead atoms. The SMILES string of the molecule is Cc1ccc(NSc2cncs2)c2[nH]nc(C#N)c12. The molecule has 0 radical (unpaired) electrons. The van der Waals surface area contributed by atoms with Gasteiger partial charge in [-0.2, -0.15) is 10.4 Å². The lowest BCUT2D eigenvalue weighted by molar-refractivity contribution is 1.10. The van der Waals surface area contributed by atoms with Crippen LogP contribution in [0, 0.1) is 18.3 Å². The van der Waals surface area contributed by atoms with Crippen LogP contribution in [0.5, 0.6) is 0 Å². The number of thiazole rings is 1. The smallest absolute Gasteiger partial charge is 0.170 e. The standard InChI is InChI=1S/C12H9N5S2/c1-7-2-3-8(17-19-10-5-14-6-18-10)12-11(7)9(4-13)15-16-12/h2-3,5-6,17H,1H3,(H,15,16). The summed E-state index contributed by atoms with van der Waals surface area (Å²) in [5, 5.41) is 16.9. The van der Waals surface area contributed by atoms with E-state index in [1.807, 2.05) is 19.1 Å². The van der Waals surface area contributed by atoms with Gasteiger partial charge in [-0.1, -0.05) is 6.07 Å². The van der Waals surface area contributed by atoms with E-state index in [0.29, 0.717) is 5.69 Å². The van der Waals surface area contributed by atoms with Gasteiger partial charge in [-0.25, -0.2) is 0 Å². The number of aromatic amines is 1. The molecule has 3 rings (SSSR count). The zero-order chi connectivity index (χ0) is 13.2. The van der Waals surface area contributed by atoms with Gasteiger partial charge >= 0.3 is 0 Å². The number of nitriles is 1. The lowest BCUT2D eigenvalue weighted by atomic mass is 10.1. The van der Waals surface area contributed by atoms with Crippen LogP contribution >= 0.6 is 23.3 Å². The van der Waals surface area contributed by atoms with Crippen LogP contribution in [0.2, 0.25) is 0 Å². The van der Waals surface area contributed by atoms with Crippen molar-refractivity contribution in [3.63, 3.8) is 0 Å². The predicted octanol–water partition coefficient (Wildman–Crippen LogP) is 3.32. The lowest BCUT2D eigenvalue weighted by Gasteiger charge is -2.06. The summed E-state index contributed by atoms with van der Waals surface area (Å²) in [6, 6.07) is 6.06. The molecule has 0 saturated carbocycles. The third kappa shape index (κ3) is 2.16. The van der Waals surface area contributed by atoms with Crippen molar-refractivity contribution in [3.05, 3.63) is 35.1 Å². The van der Waals surface area contributed by atoms with Gasteiger partial charge in [0, 0.05) is 5.39 Å². The van der Waals surface area contributed by atoms with Gasteiger partial charge in [0.25, 0.3) is 0 Å². The van der Waals surface area contributed by atoms with E-state index >= 15 is 0 Å². The molecule has 0 aliphatic carbocycles. The van der Waals surface area contributed by atoms with E-state index in [4.69, 9.17) is 5.26 Å². The van der Waals surface area contributed by atoms with Gasteiger partial charge in [0.1, 0.15) is 10.3 Å². The first-order valence-electron chi connectivity index (χ1n) is 5.48. The molecule has 5 nitrogen and oxygen atoms in total. The Bertz CT molecular complexity index is 754. The van der Waals surface area contributed by atoms with Gasteiger partial charge < -0.3 is 4.72 Å². The van der Waals surface area contributed by atoms with Crippen LogP contribution in [0.25, 0.3) is 10.9 Å². The highest BCUT2D eigenvalue weighted by molar-refractivity contribution is 8.02. The van der Waals surface area contributed by atoms with Crippen LogP contribution in [0.4, 0.5) is 5.69 Å². The molecule has 2 N–H and O–H groups in total. The first-order valence-corrected chi connectivity index (χ1v) is 7.18. The first-order chi connectivity index (χ1) is 9.29. The van der Waals surface area contributed by atoms with Crippen molar-refractivity contribution in [1.82, 2.24) is 15.2 Å². The molecule has 3 aromatic rings. The van der Waals surface area contributed by atoms with Crippen LogP contribution in [-0.2, 0) is 0 Å². The van der Waals surface area contributed by atoms with E-state index in [-0.39, 0.29) is 0 Å². The summed E-state index contributed by atoms with van der Waals surface area (Å²) in [4.78, 5) is 4.02. The van der Waals surface area contributed by atoms with Gasteiger partial charge in [-0.05, 0) is 30.5 Å². The van der Waals surface area contributed by atoms with Gasteiger partial charge in [0.05, 0.1) is 22.9 Å². The van der Waals surface area contributed by atoms with E-state index < -0.39 is 0 Å². The third-order valence-electron chi connectivity index (χ3n) is 2.71. The summed E-state index contributed by atoms with van der Waals surface area (Å²) in [5.41, 5.74) is 5.02. The highest BCUT2D eigenvalue weighted by Gasteiger charge is 2.11. The number of nitrogens with zero attached hydrogens (tertiary/aromatic N) is 3. The Morgan fingerprint density at radius 2 is 2.37 bits per heavy atom. The minimum atomic E-state index is 0.430. The Morgan fingerprint density at radius 1 is 1.47 bits per heavy atom. The minimum absolute atomic E-state index is 0.430. The second-order valence-corrected chi connectivity index (χ2v) is 5.88. The fourth-order valence-corrected chi connectivity index (χ4v) is 3.11. The molecular formula is C12H9N5S2. The van der Waals surface area contributed by atoms with Crippen molar-refractivity contribution in [3.8, 4) is 6.07 Å². The van der Waals surface area contributed by atoms with Crippen LogP contribution in [0.15, 0.2) is 28.0 Å². The van der Waals surface area contributed by atoms with Crippen LogP contribution in [0.1, 0.15) is 11.3 Å². The highest BCUT2D eigenvalue weighted by Crippen LogP contribution is 2.31. The molecule has 2 aromatic heterocycles. The van der Waals surface area contributed by atoms with Gasteiger partial charge in [-0.15, -0.1) is 11.3 Å². The monoisotopic (exact) mass is 287 g/mol. The Morgan fingerprint density at radius 3 is 3.11 bits per heavy atom. The summed E-state index contributed by atoms with van der Waals surface area (Å²) in [5.74, 6) is 0. The van der Waals surface area contributed by atoms with E-state index in [2.05, 4.69) is 26.0 Å². The number of anilines is 1. The van der Waals surface area contributed by atoms with Crippen LogP contribution in [-0.4, -0.2) is 15.2 Å². The number of benzene rings is 1. The molecule has 1 aromatic carbocycles. The molecular weight excluding hydrogens is 278 g/mol. The number of hydrogen-bond donors (Lipinski definition) is 2. The topological polar surface area (TPSA) is 77.4 Å². The van der Waals surface area contributed by atoms with Gasteiger partial charge in [0.2, 0.25) is 0 Å². The number of hydrogen-bond acceptors (Lipinski definition) is 6. The van der Waals surface area contributed by atoms with Crippen molar-refractivity contribution in [2.24, 2.45) is 0 Å². The second kappa shape index (κ2) is 4.91. The maximum absolute atomic E-state index is 9.06. The molecule has 0 aliphatic heterocycles. The molecule has 0 fully saturated rings. The Kier molecular flexibility index (Phi) is 3.11. The van der Waals surface area contributed by atoms with E-state index in [1.165, 1.54) is 11.9 Å². The molecule has 0 unspecified atom stereocenters. The Labute approximate surface area is 117 Å². The van der Waals surface area contributed by atoms with Crippen molar-refractivity contribution in [2.75, 3.05) is 4.72 Å². The average molecular weight is 287 g/mol. The van der Waals surface area contributed by atoms with Crippen LogP contribution < -0.4 is 4.72 Å². The van der Waals surface area contributed by atoms with E-state index in [1.54, 1.807) is 23.0 Å². The Hall–Kier alpha value is -2.04.